The molecule has 116 valence electrons. The molecule has 0 spiro atoms. The van der Waals surface area contributed by atoms with Crippen molar-refractivity contribution in [2.24, 2.45) is 5.73 Å². The van der Waals surface area contributed by atoms with Gasteiger partial charge in [0.15, 0.2) is 0 Å². The van der Waals surface area contributed by atoms with Crippen LogP contribution in [0.4, 0.5) is 5.69 Å². The lowest BCUT2D eigenvalue weighted by molar-refractivity contribution is 0.0955. The van der Waals surface area contributed by atoms with Crippen LogP contribution in [0.15, 0.2) is 24.3 Å². The van der Waals surface area contributed by atoms with Gasteiger partial charge in [0, 0.05) is 13.1 Å². The van der Waals surface area contributed by atoms with Gasteiger partial charge in [0.25, 0.3) is 11.8 Å². The van der Waals surface area contributed by atoms with Gasteiger partial charge < -0.3 is 16.4 Å². The molecule has 1 aromatic heterocycles. The molecule has 0 aliphatic rings. The first kappa shape index (κ1) is 16.1. The Morgan fingerprint density at radius 3 is 2.59 bits per heavy atom. The quantitative estimate of drug-likeness (QED) is 0.781. The Morgan fingerprint density at radius 1 is 1.23 bits per heavy atom. The van der Waals surface area contributed by atoms with Crippen LogP contribution >= 0.6 is 11.3 Å². The molecule has 0 unspecified atom stereocenters. The molecule has 4 N–H and O–H groups in total. The number of amides is 2. The summed E-state index contributed by atoms with van der Waals surface area (Å²) in [6.07, 6.45) is 0. The molecule has 0 saturated carbocycles. The van der Waals surface area contributed by atoms with Crippen molar-refractivity contribution in [3.8, 4) is 0 Å². The van der Waals surface area contributed by atoms with Crippen LogP contribution in [-0.4, -0.2) is 29.9 Å². The van der Waals surface area contributed by atoms with Crippen molar-refractivity contribution < 1.29 is 9.59 Å². The highest BCUT2D eigenvalue weighted by Gasteiger charge is 2.17. The van der Waals surface area contributed by atoms with Crippen LogP contribution in [0.1, 0.15) is 30.7 Å². The van der Waals surface area contributed by atoms with E-state index in [2.05, 4.69) is 15.6 Å². The third-order valence-electron chi connectivity index (χ3n) is 2.96. The third-order valence-corrected chi connectivity index (χ3v) is 4.03. The molecule has 7 heteroatoms. The van der Waals surface area contributed by atoms with Crippen molar-refractivity contribution in [2.45, 2.75) is 13.8 Å². The van der Waals surface area contributed by atoms with E-state index in [-0.39, 0.29) is 11.8 Å². The van der Waals surface area contributed by atoms with Crippen LogP contribution < -0.4 is 16.4 Å². The minimum absolute atomic E-state index is 0.262. The molecular formula is C15H18N4O2S. The number of thiazole rings is 1. The SMILES string of the molecule is Cc1nc(C)c(C(=O)Nc2ccccc2C(=O)NCCN)s1. The van der Waals surface area contributed by atoms with Gasteiger partial charge in [0.05, 0.1) is 22.0 Å². The number of aryl methyl sites for hydroxylation is 2. The molecule has 0 aliphatic heterocycles. The third kappa shape index (κ3) is 3.69. The summed E-state index contributed by atoms with van der Waals surface area (Å²) in [5.74, 6) is -0.527. The highest BCUT2D eigenvalue weighted by atomic mass is 32.1. The number of nitrogens with one attached hydrogen (secondary N) is 2. The minimum atomic E-state index is -0.265. The molecule has 1 heterocycles. The van der Waals surface area contributed by atoms with Gasteiger partial charge in [-0.3, -0.25) is 9.59 Å². The topological polar surface area (TPSA) is 97.1 Å². The van der Waals surface area contributed by atoms with E-state index in [9.17, 15) is 9.59 Å². The Labute approximate surface area is 132 Å². The van der Waals surface area contributed by atoms with E-state index in [1.807, 2.05) is 6.92 Å². The van der Waals surface area contributed by atoms with E-state index < -0.39 is 0 Å². The molecule has 6 nitrogen and oxygen atoms in total. The lowest BCUT2D eigenvalue weighted by Gasteiger charge is -2.10. The number of rotatable bonds is 5. The van der Waals surface area contributed by atoms with Gasteiger partial charge in [-0.15, -0.1) is 11.3 Å². The summed E-state index contributed by atoms with van der Waals surface area (Å²) in [7, 11) is 0. The van der Waals surface area contributed by atoms with Crippen LogP contribution in [0, 0.1) is 13.8 Å². The largest absolute Gasteiger partial charge is 0.351 e. The Morgan fingerprint density at radius 2 is 1.95 bits per heavy atom. The molecule has 1 aromatic carbocycles. The predicted molar refractivity (Wildman–Crippen MR) is 87.4 cm³/mol. The lowest BCUT2D eigenvalue weighted by Crippen LogP contribution is -2.29. The summed E-state index contributed by atoms with van der Waals surface area (Å²) in [5, 5.41) is 6.30. The number of carbonyl (C=O) groups is 2. The summed E-state index contributed by atoms with van der Waals surface area (Å²) < 4.78 is 0. The molecule has 2 amide bonds. The number of hydrogen-bond donors (Lipinski definition) is 3. The fourth-order valence-electron chi connectivity index (χ4n) is 1.99. The average molecular weight is 318 g/mol. The van der Waals surface area contributed by atoms with Gasteiger partial charge in [0.2, 0.25) is 0 Å². The Hall–Kier alpha value is -2.25. The molecule has 0 radical (unpaired) electrons. The van der Waals surface area contributed by atoms with Crippen LogP contribution in [0.25, 0.3) is 0 Å². The van der Waals surface area contributed by atoms with Crippen molar-refractivity contribution >= 4 is 28.8 Å². The molecule has 2 aromatic rings. The number of benzene rings is 1. The number of nitrogens with two attached hydrogens (primary N) is 1. The maximum Gasteiger partial charge on any atom is 0.267 e. The number of nitrogens with zero attached hydrogens (tertiary/aromatic N) is 1. The first-order chi connectivity index (χ1) is 10.5. The van der Waals surface area contributed by atoms with Crippen LogP contribution in [-0.2, 0) is 0 Å². The van der Waals surface area contributed by atoms with Crippen molar-refractivity contribution in [2.75, 3.05) is 18.4 Å². The predicted octanol–water partition coefficient (Wildman–Crippen LogP) is 1.70. The summed E-state index contributed by atoms with van der Waals surface area (Å²) >= 11 is 1.33. The highest BCUT2D eigenvalue weighted by molar-refractivity contribution is 7.13. The molecule has 0 fully saturated rings. The number of anilines is 1. The number of carbonyl (C=O) groups excluding carboxylic acids is 2. The Balaban J connectivity index is 2.21. The van der Waals surface area contributed by atoms with Gasteiger partial charge in [-0.2, -0.15) is 0 Å². The Kier molecular flexibility index (Phi) is 5.24. The van der Waals surface area contributed by atoms with E-state index in [0.29, 0.717) is 34.9 Å². The molecule has 22 heavy (non-hydrogen) atoms. The van der Waals surface area contributed by atoms with Gasteiger partial charge in [-0.1, -0.05) is 12.1 Å². The molecule has 2 rings (SSSR count). The molecule has 0 bridgehead atoms. The Bertz CT molecular complexity index is 697. The van der Waals surface area contributed by atoms with Crippen LogP contribution in [0.3, 0.4) is 0 Å². The van der Waals surface area contributed by atoms with E-state index in [0.717, 1.165) is 5.01 Å². The molecular weight excluding hydrogens is 300 g/mol. The van der Waals surface area contributed by atoms with Crippen LogP contribution in [0.2, 0.25) is 0 Å². The first-order valence-electron chi connectivity index (χ1n) is 6.85. The van der Waals surface area contributed by atoms with E-state index in [1.54, 1.807) is 31.2 Å². The van der Waals surface area contributed by atoms with Crippen molar-refractivity contribution in [1.29, 1.82) is 0 Å². The summed E-state index contributed by atoms with van der Waals surface area (Å²) in [6.45, 7) is 4.38. The standard InChI is InChI=1S/C15H18N4O2S/c1-9-13(22-10(2)18-9)15(21)19-12-6-4-3-5-11(12)14(20)17-8-7-16/h3-6H,7-8,16H2,1-2H3,(H,17,20)(H,19,21). The van der Waals surface area contributed by atoms with E-state index >= 15 is 0 Å². The summed E-state index contributed by atoms with van der Waals surface area (Å²) in [4.78, 5) is 29.2. The molecule has 0 atom stereocenters. The lowest BCUT2D eigenvalue weighted by atomic mass is 10.1. The summed E-state index contributed by atoms with van der Waals surface area (Å²) in [6, 6.07) is 6.86. The second-order valence-corrected chi connectivity index (χ2v) is 5.89. The number of aromatic nitrogens is 1. The second kappa shape index (κ2) is 7.15. The number of hydrogen-bond acceptors (Lipinski definition) is 5. The second-order valence-electron chi connectivity index (χ2n) is 4.69. The van der Waals surface area contributed by atoms with Crippen molar-refractivity contribution in [3.63, 3.8) is 0 Å². The van der Waals surface area contributed by atoms with Gasteiger partial charge in [0.1, 0.15) is 4.88 Å². The van der Waals surface area contributed by atoms with Gasteiger partial charge in [-0.05, 0) is 26.0 Å². The van der Waals surface area contributed by atoms with Crippen molar-refractivity contribution in [1.82, 2.24) is 10.3 Å². The van der Waals surface area contributed by atoms with Crippen LogP contribution in [0.5, 0.6) is 0 Å². The first-order valence-corrected chi connectivity index (χ1v) is 7.67. The van der Waals surface area contributed by atoms with E-state index in [1.165, 1.54) is 11.3 Å². The minimum Gasteiger partial charge on any atom is -0.351 e. The van der Waals surface area contributed by atoms with Gasteiger partial charge >= 0.3 is 0 Å². The van der Waals surface area contributed by atoms with E-state index in [4.69, 9.17) is 5.73 Å². The highest BCUT2D eigenvalue weighted by Crippen LogP contribution is 2.21. The normalized spacial score (nSPS) is 10.3. The van der Waals surface area contributed by atoms with Crippen molar-refractivity contribution in [3.05, 3.63) is 45.4 Å². The molecule has 0 aliphatic carbocycles. The zero-order valence-corrected chi connectivity index (χ0v) is 13.3. The number of para-hydroxylation sites is 1. The smallest absolute Gasteiger partial charge is 0.267 e. The fourth-order valence-corrected chi connectivity index (χ4v) is 2.81. The fraction of sp³-hybridized carbons (Fsp3) is 0.267. The average Bonchev–Trinajstić information content (AvgIpc) is 2.84. The van der Waals surface area contributed by atoms with Gasteiger partial charge in [-0.25, -0.2) is 4.98 Å². The summed E-state index contributed by atoms with van der Waals surface area (Å²) in [5.41, 5.74) is 6.93. The monoisotopic (exact) mass is 318 g/mol. The zero-order chi connectivity index (χ0) is 16.1. The zero-order valence-electron chi connectivity index (χ0n) is 12.5. The molecule has 0 saturated heterocycles. The maximum absolute atomic E-state index is 12.3. The maximum atomic E-state index is 12.3.